The van der Waals surface area contributed by atoms with Crippen molar-refractivity contribution >= 4 is 11.0 Å². The van der Waals surface area contributed by atoms with Crippen LogP contribution < -0.4 is 0 Å². The molecule has 1 aromatic heterocycles. The van der Waals surface area contributed by atoms with Gasteiger partial charge in [-0.3, -0.25) is 0 Å². The molecule has 0 radical (unpaired) electrons. The highest BCUT2D eigenvalue weighted by atomic mass is 16.5. The van der Waals surface area contributed by atoms with Crippen LogP contribution in [-0.4, -0.2) is 33.5 Å². The largest absolute Gasteiger partial charge is 0.389 e. The van der Waals surface area contributed by atoms with Crippen molar-refractivity contribution in [3.8, 4) is 0 Å². The molecule has 0 spiro atoms. The predicted molar refractivity (Wildman–Crippen MR) is 97.1 cm³/mol. The van der Waals surface area contributed by atoms with Gasteiger partial charge in [-0.25, -0.2) is 4.98 Å². The number of fused-ring (bicyclic) bond motifs is 1. The Kier molecular flexibility index (Phi) is 6.05. The van der Waals surface area contributed by atoms with E-state index in [1.165, 1.54) is 0 Å². The van der Waals surface area contributed by atoms with E-state index in [0.717, 1.165) is 55.4 Å². The summed E-state index contributed by atoms with van der Waals surface area (Å²) in [5.41, 5.74) is 2.11. The Labute approximate surface area is 144 Å². The summed E-state index contributed by atoms with van der Waals surface area (Å²) in [4.78, 5) is 4.76. The van der Waals surface area contributed by atoms with Crippen LogP contribution in [0, 0.1) is 0 Å². The fraction of sp³-hybridized carbons (Fsp3) is 0.550. The minimum absolute atomic E-state index is 0.253. The van der Waals surface area contributed by atoms with E-state index >= 15 is 0 Å². The summed E-state index contributed by atoms with van der Waals surface area (Å²) < 4.78 is 8.06. The Hall–Kier alpha value is -1.65. The zero-order valence-electron chi connectivity index (χ0n) is 14.5. The highest BCUT2D eigenvalue weighted by Crippen LogP contribution is 2.19. The van der Waals surface area contributed by atoms with Gasteiger partial charge in [0.2, 0.25) is 0 Å². The van der Waals surface area contributed by atoms with Crippen molar-refractivity contribution in [2.75, 3.05) is 6.61 Å². The first-order valence-electron chi connectivity index (χ1n) is 9.16. The zero-order valence-corrected chi connectivity index (χ0v) is 14.5. The Morgan fingerprint density at radius 3 is 3.00 bits per heavy atom. The third-order valence-corrected chi connectivity index (χ3v) is 4.63. The third kappa shape index (κ3) is 4.25. The van der Waals surface area contributed by atoms with Crippen molar-refractivity contribution in [2.45, 2.75) is 64.2 Å². The lowest BCUT2D eigenvalue weighted by molar-refractivity contribution is -0.0176. The average molecular weight is 328 g/mol. The maximum atomic E-state index is 10.5. The Balaban J connectivity index is 1.66. The molecule has 2 atom stereocenters. The van der Waals surface area contributed by atoms with Crippen LogP contribution in [0.2, 0.25) is 0 Å². The van der Waals surface area contributed by atoms with Crippen LogP contribution in [0.25, 0.3) is 11.0 Å². The highest BCUT2D eigenvalue weighted by Gasteiger charge is 2.16. The normalized spacial score (nSPS) is 19.0. The number of unbranched alkanes of at least 4 members (excludes halogenated alkanes) is 1. The summed E-state index contributed by atoms with van der Waals surface area (Å²) in [6.07, 6.45) is 10.4. The van der Waals surface area contributed by atoms with Gasteiger partial charge in [0, 0.05) is 6.42 Å². The number of allylic oxidation sites excluding steroid dienone is 1. The van der Waals surface area contributed by atoms with Crippen LogP contribution in [0.1, 0.15) is 44.9 Å². The number of aliphatic hydroxyl groups is 1. The summed E-state index contributed by atoms with van der Waals surface area (Å²) in [6.45, 7) is 3.12. The summed E-state index contributed by atoms with van der Waals surface area (Å²) in [5.74, 6) is 1.07. The lowest BCUT2D eigenvalue weighted by Gasteiger charge is -2.21. The van der Waals surface area contributed by atoms with Crippen LogP contribution in [0.3, 0.4) is 0 Å². The average Bonchev–Trinajstić information content (AvgIpc) is 2.97. The van der Waals surface area contributed by atoms with Crippen molar-refractivity contribution in [3.63, 3.8) is 0 Å². The van der Waals surface area contributed by atoms with Gasteiger partial charge in [0.15, 0.2) is 0 Å². The van der Waals surface area contributed by atoms with E-state index in [2.05, 4.69) is 29.7 Å². The molecule has 24 heavy (non-hydrogen) atoms. The molecule has 0 amide bonds. The molecular weight excluding hydrogens is 300 g/mol. The van der Waals surface area contributed by atoms with Gasteiger partial charge in [-0.2, -0.15) is 0 Å². The SMILES string of the molecule is CCCCc1nc2ccccc2n1C[C@H](O)CO[C@H]1CC=CCC1. The van der Waals surface area contributed by atoms with Gasteiger partial charge < -0.3 is 14.4 Å². The molecule has 1 aliphatic rings. The Morgan fingerprint density at radius 1 is 1.33 bits per heavy atom. The maximum absolute atomic E-state index is 10.5. The fourth-order valence-electron chi connectivity index (χ4n) is 3.28. The second-order valence-corrected chi connectivity index (χ2v) is 6.62. The van der Waals surface area contributed by atoms with Crippen LogP contribution in [-0.2, 0) is 17.7 Å². The first-order chi connectivity index (χ1) is 11.8. The van der Waals surface area contributed by atoms with E-state index in [0.29, 0.717) is 13.2 Å². The standard InChI is InChI=1S/C20H28N2O2/c1-2-3-13-20-21-18-11-7-8-12-19(18)22(20)14-16(23)15-24-17-9-5-4-6-10-17/h4-5,7-8,11-12,16-17,23H,2-3,6,9-10,13-15H2,1H3/t16-,17-/m0/s1. The van der Waals surface area contributed by atoms with Gasteiger partial charge in [0.25, 0.3) is 0 Å². The molecule has 0 saturated heterocycles. The number of aromatic nitrogens is 2. The Morgan fingerprint density at radius 2 is 2.21 bits per heavy atom. The van der Waals surface area contributed by atoms with Gasteiger partial charge in [-0.1, -0.05) is 37.6 Å². The first-order valence-corrected chi connectivity index (χ1v) is 9.16. The zero-order chi connectivity index (χ0) is 16.8. The van der Waals surface area contributed by atoms with Gasteiger partial charge in [0.1, 0.15) is 5.82 Å². The highest BCUT2D eigenvalue weighted by molar-refractivity contribution is 5.75. The van der Waals surface area contributed by atoms with Crippen molar-refractivity contribution in [1.29, 1.82) is 0 Å². The molecule has 1 aromatic carbocycles. The molecule has 2 aromatic rings. The number of rotatable bonds is 8. The third-order valence-electron chi connectivity index (χ3n) is 4.63. The fourth-order valence-corrected chi connectivity index (χ4v) is 3.28. The number of nitrogens with zero attached hydrogens (tertiary/aromatic N) is 2. The van der Waals surface area contributed by atoms with Crippen LogP contribution >= 0.6 is 0 Å². The maximum Gasteiger partial charge on any atom is 0.109 e. The van der Waals surface area contributed by atoms with Crippen molar-refractivity contribution < 1.29 is 9.84 Å². The van der Waals surface area contributed by atoms with Crippen molar-refractivity contribution in [3.05, 3.63) is 42.2 Å². The number of ether oxygens (including phenoxy) is 1. The summed E-state index contributed by atoms with van der Waals surface area (Å²) in [6, 6.07) is 8.16. The molecule has 0 fully saturated rings. The van der Waals surface area contributed by atoms with E-state index in [9.17, 15) is 5.11 Å². The monoisotopic (exact) mass is 328 g/mol. The van der Waals surface area contributed by atoms with E-state index in [1.807, 2.05) is 18.2 Å². The molecule has 4 heteroatoms. The van der Waals surface area contributed by atoms with E-state index < -0.39 is 6.10 Å². The number of aryl methyl sites for hydroxylation is 1. The van der Waals surface area contributed by atoms with Gasteiger partial charge in [-0.05, 0) is 37.8 Å². The van der Waals surface area contributed by atoms with E-state index in [-0.39, 0.29) is 6.10 Å². The molecule has 130 valence electrons. The van der Waals surface area contributed by atoms with Crippen LogP contribution in [0.4, 0.5) is 0 Å². The molecule has 0 saturated carbocycles. The quantitative estimate of drug-likeness (QED) is 0.748. The van der Waals surface area contributed by atoms with Crippen LogP contribution in [0.5, 0.6) is 0 Å². The lowest BCUT2D eigenvalue weighted by atomic mass is 10.1. The van der Waals surface area contributed by atoms with Crippen molar-refractivity contribution in [1.82, 2.24) is 9.55 Å². The molecular formula is C20H28N2O2. The number of imidazole rings is 1. The summed E-state index contributed by atoms with van der Waals surface area (Å²) in [5, 5.41) is 10.5. The summed E-state index contributed by atoms with van der Waals surface area (Å²) in [7, 11) is 0. The number of hydrogen-bond donors (Lipinski definition) is 1. The summed E-state index contributed by atoms with van der Waals surface area (Å²) >= 11 is 0. The van der Waals surface area contributed by atoms with Gasteiger partial charge >= 0.3 is 0 Å². The number of aliphatic hydroxyl groups excluding tert-OH is 1. The molecule has 0 bridgehead atoms. The van der Waals surface area contributed by atoms with Gasteiger partial charge in [-0.15, -0.1) is 0 Å². The number of para-hydroxylation sites is 2. The second-order valence-electron chi connectivity index (χ2n) is 6.62. The molecule has 4 nitrogen and oxygen atoms in total. The molecule has 1 N–H and O–H groups in total. The molecule has 3 rings (SSSR count). The minimum Gasteiger partial charge on any atom is -0.389 e. The number of benzene rings is 1. The minimum atomic E-state index is -0.506. The number of hydrogen-bond acceptors (Lipinski definition) is 3. The van der Waals surface area contributed by atoms with Crippen molar-refractivity contribution in [2.24, 2.45) is 0 Å². The van der Waals surface area contributed by atoms with E-state index in [1.54, 1.807) is 0 Å². The molecule has 0 unspecified atom stereocenters. The predicted octanol–water partition coefficient (Wildman–Crippen LogP) is 3.87. The van der Waals surface area contributed by atoms with E-state index in [4.69, 9.17) is 9.72 Å². The lowest BCUT2D eigenvalue weighted by Crippen LogP contribution is -2.26. The topological polar surface area (TPSA) is 47.3 Å². The smallest absolute Gasteiger partial charge is 0.109 e. The molecule has 1 heterocycles. The Bertz CT molecular complexity index is 677. The van der Waals surface area contributed by atoms with Gasteiger partial charge in [0.05, 0.1) is 36.4 Å². The second kappa shape index (κ2) is 8.45. The van der Waals surface area contributed by atoms with Crippen LogP contribution in [0.15, 0.2) is 36.4 Å². The first kappa shape index (κ1) is 17.2. The molecule has 1 aliphatic carbocycles. The molecule has 0 aliphatic heterocycles.